The molecule has 3 aromatic heterocycles. The molecule has 2 saturated heterocycles. The van der Waals surface area contributed by atoms with Crippen molar-refractivity contribution in [3.8, 4) is 17.3 Å². The van der Waals surface area contributed by atoms with Crippen molar-refractivity contribution in [2.45, 2.75) is 19.6 Å². The summed E-state index contributed by atoms with van der Waals surface area (Å²) in [4.78, 5) is 30.1. The number of aliphatic hydroxyl groups is 1. The van der Waals surface area contributed by atoms with Gasteiger partial charge in [0.1, 0.15) is 28.3 Å². The van der Waals surface area contributed by atoms with E-state index in [1.54, 1.807) is 17.0 Å². The van der Waals surface area contributed by atoms with Gasteiger partial charge in [0, 0.05) is 45.3 Å². The number of rotatable bonds is 5. The van der Waals surface area contributed by atoms with Gasteiger partial charge in [-0.15, -0.1) is 0 Å². The lowest BCUT2D eigenvalue weighted by Crippen LogP contribution is -2.60. The van der Waals surface area contributed by atoms with Crippen LogP contribution in [0.2, 0.25) is 0 Å². The lowest BCUT2D eigenvalue weighted by atomic mass is 10.1. The van der Waals surface area contributed by atoms with E-state index in [0.717, 1.165) is 16.9 Å². The summed E-state index contributed by atoms with van der Waals surface area (Å²) in [6, 6.07) is 10.2. The number of nitrogens with zero attached hydrogens (tertiary/aromatic N) is 9. The smallest absolute Gasteiger partial charge is 0.320 e. The Bertz CT molecular complexity index is 1600. The highest BCUT2D eigenvalue weighted by Crippen LogP contribution is 2.38. The van der Waals surface area contributed by atoms with E-state index in [4.69, 9.17) is 10.1 Å². The van der Waals surface area contributed by atoms with Crippen molar-refractivity contribution in [3.63, 3.8) is 0 Å². The number of urea groups is 1. The monoisotopic (exact) mass is 561 g/mol. The molecule has 1 N–H and O–H groups in total. The van der Waals surface area contributed by atoms with Crippen molar-refractivity contribution in [2.75, 3.05) is 56.1 Å². The molecule has 4 aromatic rings. The maximum absolute atomic E-state index is 13.5. The summed E-state index contributed by atoms with van der Waals surface area (Å²) in [5.41, 5.74) is 2.73. The second-order valence-electron chi connectivity index (χ2n) is 9.87. The minimum atomic E-state index is -0.412. The molecule has 5 heterocycles. The van der Waals surface area contributed by atoms with E-state index in [-0.39, 0.29) is 11.8 Å². The fourth-order valence-electron chi connectivity index (χ4n) is 5.13. The normalized spacial score (nSPS) is 15.8. The molecule has 0 aliphatic carbocycles. The molecule has 206 valence electrons. The van der Waals surface area contributed by atoms with Crippen LogP contribution in [0.3, 0.4) is 0 Å². The third kappa shape index (κ3) is 4.59. The predicted octanol–water partition coefficient (Wildman–Crippen LogP) is 3.27. The van der Waals surface area contributed by atoms with Crippen LogP contribution in [0.25, 0.3) is 22.3 Å². The van der Waals surface area contributed by atoms with Gasteiger partial charge in [-0.2, -0.15) is 10.4 Å². The van der Waals surface area contributed by atoms with E-state index < -0.39 is 6.10 Å². The zero-order valence-electron chi connectivity index (χ0n) is 22.2. The van der Waals surface area contributed by atoms with Crippen molar-refractivity contribution in [2.24, 2.45) is 0 Å². The number of aryl methyl sites for hydroxylation is 1. The molecule has 40 heavy (non-hydrogen) atoms. The van der Waals surface area contributed by atoms with Crippen LogP contribution >= 0.6 is 11.3 Å². The Hall–Kier alpha value is -4.28. The number of nitriles is 1. The average molecular weight is 562 g/mol. The molecule has 0 unspecified atom stereocenters. The first-order valence-corrected chi connectivity index (χ1v) is 13.9. The molecule has 6 rings (SSSR count). The van der Waals surface area contributed by atoms with Crippen LogP contribution in [0.4, 0.5) is 25.8 Å². The Morgan fingerprint density at radius 2 is 1.93 bits per heavy atom. The van der Waals surface area contributed by atoms with Crippen molar-refractivity contribution in [1.82, 2.24) is 29.5 Å². The second-order valence-corrected chi connectivity index (χ2v) is 10.8. The third-order valence-corrected chi connectivity index (χ3v) is 8.38. The molecule has 2 aliphatic rings. The molecule has 0 radical (unpaired) electrons. The molecule has 0 atom stereocenters. The Kier molecular flexibility index (Phi) is 6.73. The summed E-state index contributed by atoms with van der Waals surface area (Å²) in [5, 5.41) is 25.5. The lowest BCUT2D eigenvalue weighted by molar-refractivity contribution is 0.0145. The minimum absolute atomic E-state index is 0.0214. The van der Waals surface area contributed by atoms with E-state index >= 15 is 0 Å². The molecule has 1 aromatic carbocycles. The van der Waals surface area contributed by atoms with E-state index in [0.29, 0.717) is 72.7 Å². The Morgan fingerprint density at radius 3 is 2.58 bits per heavy atom. The van der Waals surface area contributed by atoms with Crippen molar-refractivity contribution in [1.29, 1.82) is 5.26 Å². The fraction of sp³-hybridized carbons (Fsp3) is 0.370. The van der Waals surface area contributed by atoms with E-state index in [9.17, 15) is 19.6 Å². The summed E-state index contributed by atoms with van der Waals surface area (Å²) < 4.78 is 15.3. The summed E-state index contributed by atoms with van der Waals surface area (Å²) in [6.45, 7) is 5.93. The first-order valence-electron chi connectivity index (χ1n) is 13.1. The average Bonchev–Trinajstić information content (AvgIpc) is 3.56. The van der Waals surface area contributed by atoms with Gasteiger partial charge in [0.15, 0.2) is 10.8 Å². The number of amides is 2. The van der Waals surface area contributed by atoms with Crippen LogP contribution in [0.15, 0.2) is 36.5 Å². The molecule has 13 heteroatoms. The maximum atomic E-state index is 13.5. The zero-order chi connectivity index (χ0) is 28.0. The number of fused-ring (bicyclic) bond motifs is 1. The number of thiazole rings is 1. The molecule has 2 amide bonds. The topological polar surface area (TPSA) is 118 Å². The number of hydrogen-bond donors (Lipinski definition) is 1. The molecule has 0 saturated carbocycles. The highest BCUT2D eigenvalue weighted by Gasteiger charge is 2.33. The van der Waals surface area contributed by atoms with Gasteiger partial charge < -0.3 is 24.7 Å². The highest BCUT2D eigenvalue weighted by molar-refractivity contribution is 7.16. The Balaban J connectivity index is 1.27. The summed E-state index contributed by atoms with van der Waals surface area (Å²) in [6.07, 6.45) is 1.40. The van der Waals surface area contributed by atoms with Gasteiger partial charge in [-0.25, -0.2) is 23.8 Å². The summed E-state index contributed by atoms with van der Waals surface area (Å²) in [5.74, 6) is 0.460. The summed E-state index contributed by atoms with van der Waals surface area (Å²) in [7, 11) is 1.89. The van der Waals surface area contributed by atoms with Crippen LogP contribution in [-0.2, 0) is 6.54 Å². The number of β-amino-alcohol motifs (C(OH)–C–C–N with tert-alkyl or cyclic N) is 1. The highest BCUT2D eigenvalue weighted by atomic mass is 32.1. The van der Waals surface area contributed by atoms with Crippen LogP contribution in [-0.4, -0.2) is 93.1 Å². The van der Waals surface area contributed by atoms with Gasteiger partial charge in [0.2, 0.25) is 0 Å². The number of hydrogen-bond acceptors (Lipinski definition) is 9. The number of benzene rings is 1. The third-order valence-electron chi connectivity index (χ3n) is 7.34. The number of anilines is 3. The van der Waals surface area contributed by atoms with Crippen molar-refractivity contribution in [3.05, 3.63) is 47.2 Å². The first-order chi connectivity index (χ1) is 19.4. The summed E-state index contributed by atoms with van der Waals surface area (Å²) >= 11 is 1.27. The number of aromatic nitrogens is 4. The SMILES string of the molecule is CCn1nc2ncc(N3CCN(C(=O)N4CC(O)C4)CC3)cc2c1N(C)c1nc(-c2ccc(F)cc2)c(C#N)s1. The van der Waals surface area contributed by atoms with Crippen LogP contribution in [0.1, 0.15) is 11.8 Å². The predicted molar refractivity (Wildman–Crippen MR) is 150 cm³/mol. The number of carbonyl (C=O) groups excluding carboxylic acids is 1. The molecule has 2 aliphatic heterocycles. The van der Waals surface area contributed by atoms with Crippen LogP contribution in [0, 0.1) is 17.1 Å². The minimum Gasteiger partial charge on any atom is -0.389 e. The Labute approximate surface area is 234 Å². The van der Waals surface area contributed by atoms with Gasteiger partial charge in [-0.1, -0.05) is 11.3 Å². The largest absolute Gasteiger partial charge is 0.389 e. The molecule has 0 bridgehead atoms. The van der Waals surface area contributed by atoms with Crippen molar-refractivity contribution >= 4 is 45.0 Å². The quantitative estimate of drug-likeness (QED) is 0.395. The number of carbonyl (C=O) groups is 1. The van der Waals surface area contributed by atoms with E-state index in [1.807, 2.05) is 34.6 Å². The van der Waals surface area contributed by atoms with E-state index in [1.165, 1.54) is 23.5 Å². The van der Waals surface area contributed by atoms with Gasteiger partial charge in [-0.3, -0.25) is 0 Å². The zero-order valence-corrected chi connectivity index (χ0v) is 23.0. The molecular weight excluding hydrogens is 533 g/mol. The molecule has 11 nitrogen and oxygen atoms in total. The second kappa shape index (κ2) is 10.4. The standard InChI is InChI=1S/C27H28FN9O2S/c1-3-37-25(33(2)26-31-23(22(13-29)40-26)17-4-6-18(28)7-5-17)21-12-19(14-30-24(21)32-37)34-8-10-35(11-9-34)27(39)36-15-20(38)16-36/h4-7,12,14,20,38H,3,8-11,15-16H2,1-2H3. The lowest BCUT2D eigenvalue weighted by Gasteiger charge is -2.42. The van der Waals surface area contributed by atoms with Crippen LogP contribution in [0.5, 0.6) is 0 Å². The Morgan fingerprint density at radius 1 is 1.20 bits per heavy atom. The number of piperazine rings is 1. The van der Waals surface area contributed by atoms with Gasteiger partial charge in [0.05, 0.1) is 36.5 Å². The number of aliphatic hydroxyl groups excluding tert-OH is 1. The number of likely N-dealkylation sites (tertiary alicyclic amines) is 1. The van der Waals surface area contributed by atoms with E-state index in [2.05, 4.69) is 22.0 Å². The first kappa shape index (κ1) is 26.0. The van der Waals surface area contributed by atoms with Gasteiger partial charge in [0.25, 0.3) is 0 Å². The maximum Gasteiger partial charge on any atom is 0.320 e. The number of halogens is 1. The van der Waals surface area contributed by atoms with Gasteiger partial charge in [-0.05, 0) is 37.3 Å². The molecule has 2 fully saturated rings. The van der Waals surface area contributed by atoms with Gasteiger partial charge >= 0.3 is 6.03 Å². The molecule has 0 spiro atoms. The van der Waals surface area contributed by atoms with Crippen molar-refractivity contribution < 1.29 is 14.3 Å². The molecular formula is C27H28FN9O2S. The fourth-order valence-corrected chi connectivity index (χ4v) is 5.98. The number of pyridine rings is 1. The van der Waals surface area contributed by atoms with Crippen LogP contribution < -0.4 is 9.80 Å².